The monoisotopic (exact) mass is 305 g/mol. The Morgan fingerprint density at radius 3 is 2.73 bits per heavy atom. The second-order valence-electron chi connectivity index (χ2n) is 4.60. The van der Waals surface area contributed by atoms with Crippen molar-refractivity contribution in [2.24, 2.45) is 7.05 Å². The lowest BCUT2D eigenvalue weighted by Crippen LogP contribution is -2.21. The van der Waals surface area contributed by atoms with Crippen LogP contribution in [0.1, 0.15) is 5.69 Å². The third kappa shape index (κ3) is 4.45. The number of aromatic nitrogens is 3. The van der Waals surface area contributed by atoms with Gasteiger partial charge in [0.1, 0.15) is 12.4 Å². The average Bonchev–Trinajstić information content (AvgIpc) is 2.79. The van der Waals surface area contributed by atoms with Crippen LogP contribution in [0.15, 0.2) is 24.4 Å². The number of hydrogen-bond acceptors (Lipinski definition) is 5. The molecular formula is C14H19N5O3. The van der Waals surface area contributed by atoms with E-state index in [9.17, 15) is 4.79 Å². The molecule has 0 spiro atoms. The first kappa shape index (κ1) is 15.8. The van der Waals surface area contributed by atoms with Gasteiger partial charge in [0.2, 0.25) is 5.88 Å². The van der Waals surface area contributed by atoms with Crippen LogP contribution >= 0.6 is 0 Å². The van der Waals surface area contributed by atoms with Crippen molar-refractivity contribution in [1.29, 1.82) is 0 Å². The number of anilines is 2. The molecule has 118 valence electrons. The van der Waals surface area contributed by atoms with Gasteiger partial charge in [0, 0.05) is 26.3 Å². The van der Waals surface area contributed by atoms with Crippen LogP contribution in [0.25, 0.3) is 0 Å². The van der Waals surface area contributed by atoms with E-state index in [2.05, 4.69) is 20.7 Å². The molecule has 0 saturated heterocycles. The summed E-state index contributed by atoms with van der Waals surface area (Å²) in [6.45, 7) is 2.78. The van der Waals surface area contributed by atoms with Gasteiger partial charge in [0.15, 0.2) is 0 Å². The highest BCUT2D eigenvalue weighted by Crippen LogP contribution is 2.13. The molecule has 0 aromatic carbocycles. The minimum absolute atomic E-state index is 0.363. The fourth-order valence-corrected chi connectivity index (χ4v) is 1.78. The van der Waals surface area contributed by atoms with Crippen molar-refractivity contribution >= 4 is 17.5 Å². The smallest absolute Gasteiger partial charge is 0.324 e. The third-order valence-corrected chi connectivity index (χ3v) is 2.78. The lowest BCUT2D eigenvalue weighted by Gasteiger charge is -2.08. The number of nitrogens with zero attached hydrogens (tertiary/aromatic N) is 3. The Balaban J connectivity index is 1.87. The van der Waals surface area contributed by atoms with Crippen LogP contribution < -0.4 is 15.4 Å². The number of rotatable bonds is 6. The quantitative estimate of drug-likeness (QED) is 0.794. The summed E-state index contributed by atoms with van der Waals surface area (Å²) in [5.74, 6) is 1.09. The molecule has 0 saturated carbocycles. The van der Waals surface area contributed by atoms with Crippen LogP contribution in [-0.4, -0.2) is 41.1 Å². The Labute approximate surface area is 128 Å². The first-order valence-corrected chi connectivity index (χ1v) is 6.75. The van der Waals surface area contributed by atoms with E-state index >= 15 is 0 Å². The molecule has 2 amide bonds. The molecule has 0 aliphatic rings. The zero-order chi connectivity index (χ0) is 15.9. The number of carbonyl (C=O) groups is 1. The average molecular weight is 305 g/mol. The maximum atomic E-state index is 11.9. The maximum Gasteiger partial charge on any atom is 0.324 e. The highest BCUT2D eigenvalue weighted by Gasteiger charge is 2.07. The molecule has 0 fully saturated rings. The Bertz CT molecular complexity index is 624. The first-order chi connectivity index (χ1) is 10.6. The summed E-state index contributed by atoms with van der Waals surface area (Å²) in [6.07, 6.45) is 1.52. The summed E-state index contributed by atoms with van der Waals surface area (Å²) in [4.78, 5) is 16.0. The Kier molecular flexibility index (Phi) is 5.31. The molecule has 2 aromatic rings. The molecule has 0 unspecified atom stereocenters. The summed E-state index contributed by atoms with van der Waals surface area (Å²) >= 11 is 0. The van der Waals surface area contributed by atoms with E-state index in [0.717, 1.165) is 5.69 Å². The molecule has 0 aliphatic carbocycles. The number of methoxy groups -OCH3 is 1. The minimum Gasteiger partial charge on any atom is -0.475 e. The Morgan fingerprint density at radius 1 is 1.32 bits per heavy atom. The second kappa shape index (κ2) is 7.41. The molecule has 2 heterocycles. The third-order valence-electron chi connectivity index (χ3n) is 2.78. The fraction of sp³-hybridized carbons (Fsp3) is 0.357. The van der Waals surface area contributed by atoms with Gasteiger partial charge in [-0.1, -0.05) is 0 Å². The van der Waals surface area contributed by atoms with Crippen molar-refractivity contribution < 1.29 is 14.3 Å². The lowest BCUT2D eigenvalue weighted by molar-refractivity contribution is 0.144. The van der Waals surface area contributed by atoms with E-state index in [0.29, 0.717) is 30.6 Å². The van der Waals surface area contributed by atoms with Crippen molar-refractivity contribution in [2.45, 2.75) is 6.92 Å². The Morgan fingerprint density at radius 2 is 2.14 bits per heavy atom. The highest BCUT2D eigenvalue weighted by molar-refractivity contribution is 5.99. The van der Waals surface area contributed by atoms with Gasteiger partial charge in [-0.3, -0.25) is 10.00 Å². The van der Waals surface area contributed by atoms with Crippen LogP contribution in [0.3, 0.4) is 0 Å². The molecule has 2 N–H and O–H groups in total. The molecule has 0 radical (unpaired) electrons. The van der Waals surface area contributed by atoms with E-state index in [4.69, 9.17) is 9.47 Å². The molecule has 0 aliphatic heterocycles. The first-order valence-electron chi connectivity index (χ1n) is 6.75. The molecule has 0 bridgehead atoms. The van der Waals surface area contributed by atoms with Gasteiger partial charge in [-0.15, -0.1) is 0 Å². The lowest BCUT2D eigenvalue weighted by atomic mass is 10.4. The van der Waals surface area contributed by atoms with Gasteiger partial charge in [-0.05, 0) is 13.0 Å². The topological polar surface area (TPSA) is 90.3 Å². The number of carbonyl (C=O) groups excluding carboxylic acids is 1. The van der Waals surface area contributed by atoms with Crippen LogP contribution in [0.4, 0.5) is 16.3 Å². The maximum absolute atomic E-state index is 11.9. The molecule has 8 nitrogen and oxygen atoms in total. The van der Waals surface area contributed by atoms with Crippen molar-refractivity contribution in [3.63, 3.8) is 0 Å². The van der Waals surface area contributed by atoms with Gasteiger partial charge < -0.3 is 14.8 Å². The van der Waals surface area contributed by atoms with Crippen LogP contribution in [0.5, 0.6) is 5.88 Å². The number of aryl methyl sites for hydroxylation is 2. The molecule has 2 aromatic heterocycles. The summed E-state index contributed by atoms with van der Waals surface area (Å²) in [5.41, 5.74) is 1.40. The zero-order valence-corrected chi connectivity index (χ0v) is 12.8. The summed E-state index contributed by atoms with van der Waals surface area (Å²) < 4.78 is 11.8. The van der Waals surface area contributed by atoms with E-state index in [1.807, 2.05) is 6.92 Å². The van der Waals surface area contributed by atoms with E-state index < -0.39 is 0 Å². The van der Waals surface area contributed by atoms with Crippen molar-refractivity contribution in [3.8, 4) is 5.88 Å². The standard InChI is InChI=1S/C14H19N5O3/c1-10-8-12(19(2)18-10)17-14(20)16-11-4-5-13(15-9-11)22-7-6-21-3/h4-5,8-9H,6-7H2,1-3H3,(H2,16,17,20). The summed E-state index contributed by atoms with van der Waals surface area (Å²) in [6, 6.07) is 4.81. The number of amides is 2. The molecule has 2 rings (SSSR count). The number of urea groups is 1. The van der Waals surface area contributed by atoms with Crippen LogP contribution in [0, 0.1) is 6.92 Å². The summed E-state index contributed by atoms with van der Waals surface area (Å²) in [7, 11) is 3.36. The zero-order valence-electron chi connectivity index (χ0n) is 12.8. The largest absolute Gasteiger partial charge is 0.475 e. The van der Waals surface area contributed by atoms with Crippen LogP contribution in [-0.2, 0) is 11.8 Å². The molecule has 0 atom stereocenters. The van der Waals surface area contributed by atoms with Gasteiger partial charge in [-0.25, -0.2) is 9.78 Å². The van der Waals surface area contributed by atoms with Crippen molar-refractivity contribution in [3.05, 3.63) is 30.1 Å². The number of nitrogens with one attached hydrogen (secondary N) is 2. The normalized spacial score (nSPS) is 10.3. The van der Waals surface area contributed by atoms with Gasteiger partial charge in [0.25, 0.3) is 0 Å². The van der Waals surface area contributed by atoms with Gasteiger partial charge in [-0.2, -0.15) is 5.10 Å². The van der Waals surface area contributed by atoms with E-state index in [1.54, 1.807) is 37.0 Å². The molecular weight excluding hydrogens is 286 g/mol. The van der Waals surface area contributed by atoms with E-state index in [1.165, 1.54) is 6.20 Å². The number of pyridine rings is 1. The molecule has 22 heavy (non-hydrogen) atoms. The fourth-order valence-electron chi connectivity index (χ4n) is 1.78. The summed E-state index contributed by atoms with van der Waals surface area (Å²) in [5, 5.41) is 9.55. The van der Waals surface area contributed by atoms with Gasteiger partial charge >= 0.3 is 6.03 Å². The van der Waals surface area contributed by atoms with Crippen molar-refractivity contribution in [2.75, 3.05) is 31.0 Å². The van der Waals surface area contributed by atoms with E-state index in [-0.39, 0.29) is 6.03 Å². The van der Waals surface area contributed by atoms with Gasteiger partial charge in [0.05, 0.1) is 24.2 Å². The Hall–Kier alpha value is -2.61. The predicted molar refractivity (Wildman–Crippen MR) is 82.2 cm³/mol. The second-order valence-corrected chi connectivity index (χ2v) is 4.60. The predicted octanol–water partition coefficient (Wildman–Crippen LogP) is 1.79. The molecule has 8 heteroatoms. The number of hydrogen-bond donors (Lipinski definition) is 2. The SMILES string of the molecule is COCCOc1ccc(NC(=O)Nc2cc(C)nn2C)cn1. The number of ether oxygens (including phenoxy) is 2. The highest BCUT2D eigenvalue weighted by atomic mass is 16.5. The van der Waals surface area contributed by atoms with Crippen LogP contribution in [0.2, 0.25) is 0 Å². The van der Waals surface area contributed by atoms with Crippen molar-refractivity contribution in [1.82, 2.24) is 14.8 Å². The minimum atomic E-state index is -0.363.